The maximum Gasteiger partial charge on any atom is 0.338 e. The van der Waals surface area contributed by atoms with Crippen LogP contribution in [0.2, 0.25) is 0 Å². The summed E-state index contributed by atoms with van der Waals surface area (Å²) in [7, 11) is 4.50. The first-order valence-electron chi connectivity index (χ1n) is 40.9. The van der Waals surface area contributed by atoms with Crippen LogP contribution in [-0.2, 0) is 85.1 Å². The standard InChI is InChI=1S/C31H42N4O6.C24H34N2O5.C23H32N2O5.C8H12N2O2.ClH/c1-5-23-26(35(6-2)21-7-11-39-12-8-21)17-28-24(16-22(41-28)19-34-9-13-40-14-10-34)29(23)31(37)32-18-25-27(38-4)15-20(3)33-30(25)36;1-4-19-21(26(5-2)17-6-10-29-11-7-17)15-22-20(23(19)24(27)28-3)14-18(31-22)16-25-8-12-30-13-9-25;1-3-18-20(25(4-2)16-5-9-28-10-6-16)14-21-19(22(18)23(26)27)13-17(30-21)15-24-7-11-29-12-8-24;1-5-3-7(12-2)6(4-9)8(11)10-5;/h15-17,21H,5-14,18-19H2,1-4H3,(H,32,37)(H,33,36);14-15,17H,4-13,16H2,1-3H3;13-14,16H,3-12,15H2,1-2H3,(H,26,27);3H,4,9H2,1-2H3,(H,10,11);1H. The molecular weight excluding hydrogens is 1500 g/mol. The average molecular weight is 1620 g/mol. The summed E-state index contributed by atoms with van der Waals surface area (Å²) in [4.78, 5) is 82.8. The van der Waals surface area contributed by atoms with E-state index in [1.165, 1.54) is 21.3 Å². The van der Waals surface area contributed by atoms with Crippen molar-refractivity contribution in [2.24, 2.45) is 5.73 Å². The SMILES string of the molecule is CCc1c(N(CC)C2CCOCC2)cc2oc(CN3CCOCC3)cc2c1C(=O)NCc1c(OC)cc(C)[nH]c1=O.CCc1c(N(CC)C2CCOCC2)cc2oc(CN3CCOCC3)cc2c1C(=O)O.CCc1c(N(CC)C2CCOCC2)cc2oc(CN3CCOCC3)cc2c1C(=O)OC.COc1cc(C)[nH]c(=O)c1CN.Cl. The highest BCUT2D eigenvalue weighted by atomic mass is 35.5. The number of aryl methyl sites for hydroxylation is 2. The molecule has 1 amide bonds. The highest BCUT2D eigenvalue weighted by Gasteiger charge is 2.33. The molecule has 6 fully saturated rings. The van der Waals surface area contributed by atoms with Crippen LogP contribution < -0.4 is 46.3 Å². The van der Waals surface area contributed by atoms with Gasteiger partial charge in [0.2, 0.25) is 0 Å². The Hall–Kier alpha value is -8.52. The number of halogens is 1. The first-order chi connectivity index (χ1) is 55.4. The molecule has 630 valence electrons. The summed E-state index contributed by atoms with van der Waals surface area (Å²) < 4.78 is 67.7. The summed E-state index contributed by atoms with van der Waals surface area (Å²) in [6, 6.07) is 16.8. The Morgan fingerprint density at radius 3 is 1.12 bits per heavy atom. The lowest BCUT2D eigenvalue weighted by atomic mass is 9.95. The number of carboxylic acid groups (broad SMARTS) is 1. The second-order valence-electron chi connectivity index (χ2n) is 29.6. The number of carboxylic acids is 1. The number of carbonyl (C=O) groups is 3. The van der Waals surface area contributed by atoms with E-state index in [1.807, 2.05) is 25.1 Å². The Kier molecular flexibility index (Phi) is 33.3. The number of hydrogen-bond acceptors (Lipinski definition) is 24. The Bertz CT molecular complexity index is 4630. The molecule has 0 aliphatic carbocycles. The number of amides is 1. The summed E-state index contributed by atoms with van der Waals surface area (Å²) in [5.41, 5.74) is 17.0. The number of H-pyrrole nitrogens is 2. The Morgan fingerprint density at radius 2 is 0.791 bits per heavy atom. The molecule has 6 N–H and O–H groups in total. The number of esters is 1. The van der Waals surface area contributed by atoms with E-state index in [4.69, 9.17) is 61.6 Å². The zero-order valence-electron chi connectivity index (χ0n) is 69.2. The molecule has 0 bridgehead atoms. The number of hydrogen-bond donors (Lipinski definition) is 5. The zero-order chi connectivity index (χ0) is 81.0. The summed E-state index contributed by atoms with van der Waals surface area (Å²) in [6.07, 6.45) is 7.85. The number of anilines is 3. The summed E-state index contributed by atoms with van der Waals surface area (Å²) in [5, 5.41) is 15.5. The number of aromatic amines is 2. The quantitative estimate of drug-likeness (QED) is 0.0315. The summed E-state index contributed by atoms with van der Waals surface area (Å²) in [6.45, 7) is 35.1. The number of morpholine rings is 3. The third-order valence-corrected chi connectivity index (χ3v) is 22.6. The number of methoxy groups -OCH3 is 3. The predicted molar refractivity (Wildman–Crippen MR) is 447 cm³/mol. The van der Waals surface area contributed by atoms with Crippen molar-refractivity contribution in [1.29, 1.82) is 0 Å². The highest BCUT2D eigenvalue weighted by Crippen LogP contribution is 2.41. The van der Waals surface area contributed by atoms with Gasteiger partial charge in [-0.2, -0.15) is 0 Å². The van der Waals surface area contributed by atoms with Crippen LogP contribution in [0.3, 0.4) is 0 Å². The number of nitrogens with zero attached hydrogens (tertiary/aromatic N) is 6. The van der Waals surface area contributed by atoms with Crippen LogP contribution in [0.15, 0.2) is 71.4 Å². The van der Waals surface area contributed by atoms with E-state index in [0.717, 1.165) is 243 Å². The van der Waals surface area contributed by atoms with Crippen molar-refractivity contribution in [3.63, 3.8) is 0 Å². The second-order valence-corrected chi connectivity index (χ2v) is 29.6. The van der Waals surface area contributed by atoms with E-state index in [-0.39, 0.29) is 48.5 Å². The zero-order valence-corrected chi connectivity index (χ0v) is 70.0. The second kappa shape index (κ2) is 43.1. The van der Waals surface area contributed by atoms with Gasteiger partial charge in [0.05, 0.1) is 115 Å². The maximum absolute atomic E-state index is 14.1. The van der Waals surface area contributed by atoms with Crippen molar-refractivity contribution in [2.45, 2.75) is 164 Å². The molecular formula is C86H121ClN10O18. The molecule has 6 aliphatic heterocycles. The largest absolute Gasteiger partial charge is 0.496 e. The van der Waals surface area contributed by atoms with Crippen molar-refractivity contribution >= 4 is 80.2 Å². The van der Waals surface area contributed by atoms with Crippen molar-refractivity contribution < 1.29 is 75.4 Å². The molecule has 14 rings (SSSR count). The van der Waals surface area contributed by atoms with E-state index in [0.29, 0.717) is 125 Å². The van der Waals surface area contributed by atoms with Crippen molar-refractivity contribution in [2.75, 3.05) is 174 Å². The van der Waals surface area contributed by atoms with Crippen LogP contribution in [0, 0.1) is 13.8 Å². The van der Waals surface area contributed by atoms with Crippen molar-refractivity contribution in [3.8, 4) is 11.5 Å². The third kappa shape index (κ3) is 21.6. The molecule has 0 radical (unpaired) electrons. The number of ether oxygens (including phenoxy) is 9. The number of nitrogens with one attached hydrogen (secondary N) is 3. The topological polar surface area (TPSA) is 317 Å². The molecule has 5 aromatic heterocycles. The average Bonchev–Trinajstić information content (AvgIpc) is 1.68. The molecule has 0 unspecified atom stereocenters. The predicted octanol–water partition coefficient (Wildman–Crippen LogP) is 11.5. The number of aromatic carboxylic acids is 1. The lowest BCUT2D eigenvalue weighted by molar-refractivity contribution is 0.0314. The number of aromatic nitrogens is 2. The number of rotatable bonds is 26. The van der Waals surface area contributed by atoms with Crippen LogP contribution in [-0.4, -0.2) is 225 Å². The van der Waals surface area contributed by atoms with Crippen LogP contribution in [0.5, 0.6) is 11.5 Å². The fraction of sp³-hybridized carbons (Fsp3) is 0.570. The number of fused-ring (bicyclic) bond motifs is 3. The smallest absolute Gasteiger partial charge is 0.338 e. The van der Waals surface area contributed by atoms with Crippen LogP contribution in [0.25, 0.3) is 32.9 Å². The van der Waals surface area contributed by atoms with Gasteiger partial charge in [-0.05, 0) is 139 Å². The molecule has 115 heavy (non-hydrogen) atoms. The summed E-state index contributed by atoms with van der Waals surface area (Å²) >= 11 is 0. The van der Waals surface area contributed by atoms with Gasteiger partial charge >= 0.3 is 11.9 Å². The van der Waals surface area contributed by atoms with Gasteiger partial charge in [0.25, 0.3) is 17.0 Å². The van der Waals surface area contributed by atoms with Crippen LogP contribution in [0.4, 0.5) is 17.1 Å². The fourth-order valence-electron chi connectivity index (χ4n) is 16.9. The van der Waals surface area contributed by atoms with E-state index in [2.05, 4.69) is 97.5 Å². The highest BCUT2D eigenvalue weighted by molar-refractivity contribution is 6.10. The minimum Gasteiger partial charge on any atom is -0.496 e. The van der Waals surface area contributed by atoms with Gasteiger partial charge in [0.1, 0.15) is 45.5 Å². The number of furan rings is 3. The van der Waals surface area contributed by atoms with Crippen LogP contribution >= 0.6 is 12.4 Å². The molecule has 0 saturated carbocycles. The molecule has 29 heteroatoms. The molecule has 0 atom stereocenters. The monoisotopic (exact) mass is 1620 g/mol. The Morgan fingerprint density at radius 1 is 0.470 bits per heavy atom. The Balaban J connectivity index is 0.000000171. The fourth-order valence-corrected chi connectivity index (χ4v) is 16.9. The maximum atomic E-state index is 14.1. The molecule has 3 aromatic carbocycles. The van der Waals surface area contributed by atoms with E-state index < -0.39 is 5.97 Å². The van der Waals surface area contributed by atoms with E-state index in [9.17, 15) is 29.1 Å². The van der Waals surface area contributed by atoms with Gasteiger partial charge in [-0.15, -0.1) is 12.4 Å². The van der Waals surface area contributed by atoms with Gasteiger partial charge in [-0.25, -0.2) is 9.59 Å². The minimum atomic E-state index is -0.888. The third-order valence-electron chi connectivity index (χ3n) is 22.6. The molecule has 8 aromatic rings. The lowest BCUT2D eigenvalue weighted by Gasteiger charge is -2.37. The minimum absolute atomic E-state index is 0. The molecule has 0 spiro atoms. The number of benzene rings is 3. The van der Waals surface area contributed by atoms with E-state index in [1.54, 1.807) is 26.0 Å². The van der Waals surface area contributed by atoms with Crippen molar-refractivity contribution in [1.82, 2.24) is 30.0 Å². The van der Waals surface area contributed by atoms with Crippen LogP contribution in [0.1, 0.15) is 168 Å². The van der Waals surface area contributed by atoms with Gasteiger partial charge in [-0.3, -0.25) is 29.1 Å². The van der Waals surface area contributed by atoms with Gasteiger partial charge in [-0.1, -0.05) is 20.8 Å². The van der Waals surface area contributed by atoms with Crippen molar-refractivity contribution in [3.05, 3.63) is 142 Å². The number of pyridine rings is 2. The van der Waals surface area contributed by atoms with Gasteiger partial charge in [0.15, 0.2) is 0 Å². The van der Waals surface area contributed by atoms with Gasteiger partial charge < -0.3 is 96.7 Å². The molecule has 6 aliphatic rings. The lowest BCUT2D eigenvalue weighted by Crippen LogP contribution is -2.40. The normalized spacial score (nSPS) is 16.8. The summed E-state index contributed by atoms with van der Waals surface area (Å²) in [5.74, 6) is 2.08. The first-order valence-corrected chi connectivity index (χ1v) is 40.9. The molecule has 6 saturated heterocycles. The number of carbonyl (C=O) groups excluding carboxylic acids is 2. The Labute approximate surface area is 680 Å². The number of nitrogens with two attached hydrogens (primary N) is 1. The molecule has 11 heterocycles. The van der Waals surface area contributed by atoms with E-state index >= 15 is 0 Å². The first kappa shape index (κ1) is 88.8. The van der Waals surface area contributed by atoms with Gasteiger partial charge in [0, 0.05) is 186 Å². The molecule has 28 nitrogen and oxygen atoms in total.